The molecule has 12 heavy (non-hydrogen) atoms. The molecule has 3 nitrogen and oxygen atoms in total. The molecular formula is C9H14N2O. The van der Waals surface area contributed by atoms with Gasteiger partial charge in [0.1, 0.15) is 0 Å². The van der Waals surface area contributed by atoms with Crippen LogP contribution in [-0.2, 0) is 0 Å². The second-order valence-corrected chi connectivity index (χ2v) is 2.85. The Kier molecular flexibility index (Phi) is 3.02. The maximum atomic E-state index is 5.17. The molecule has 1 aromatic rings. The third-order valence-corrected chi connectivity index (χ3v) is 1.52. The molecular weight excluding hydrogens is 152 g/mol. The molecule has 1 rings (SSSR count). The molecule has 0 fully saturated rings. The minimum Gasteiger partial charge on any atom is -0.464 e. The smallest absolute Gasteiger partial charge is 0.316 e. The van der Waals surface area contributed by atoms with E-state index in [1.54, 1.807) is 6.20 Å². The zero-order chi connectivity index (χ0) is 8.97. The summed E-state index contributed by atoms with van der Waals surface area (Å²) >= 11 is 0. The van der Waals surface area contributed by atoms with Gasteiger partial charge in [-0.15, -0.1) is 0 Å². The van der Waals surface area contributed by atoms with E-state index in [1.165, 1.54) is 0 Å². The SMILES string of the molecule is CCOc1nccc(C(C)C)n1. The molecule has 0 spiro atoms. The molecule has 0 unspecified atom stereocenters. The van der Waals surface area contributed by atoms with Crippen LogP contribution in [0.2, 0.25) is 0 Å². The van der Waals surface area contributed by atoms with Crippen molar-refractivity contribution in [3.05, 3.63) is 18.0 Å². The van der Waals surface area contributed by atoms with E-state index in [2.05, 4.69) is 23.8 Å². The van der Waals surface area contributed by atoms with E-state index in [0.717, 1.165) is 5.69 Å². The van der Waals surface area contributed by atoms with Gasteiger partial charge in [-0.1, -0.05) is 13.8 Å². The Morgan fingerprint density at radius 3 is 2.83 bits per heavy atom. The molecule has 0 aliphatic rings. The maximum absolute atomic E-state index is 5.17. The zero-order valence-electron chi connectivity index (χ0n) is 7.74. The van der Waals surface area contributed by atoms with Gasteiger partial charge in [-0.2, -0.15) is 0 Å². The van der Waals surface area contributed by atoms with Crippen molar-refractivity contribution in [1.82, 2.24) is 9.97 Å². The Hall–Kier alpha value is -1.12. The van der Waals surface area contributed by atoms with Gasteiger partial charge in [-0.05, 0) is 18.9 Å². The van der Waals surface area contributed by atoms with Gasteiger partial charge in [0.05, 0.1) is 12.3 Å². The normalized spacial score (nSPS) is 10.3. The summed E-state index contributed by atoms with van der Waals surface area (Å²) in [5.41, 5.74) is 1.02. The summed E-state index contributed by atoms with van der Waals surface area (Å²) in [7, 11) is 0. The number of nitrogens with zero attached hydrogens (tertiary/aromatic N) is 2. The first-order chi connectivity index (χ1) is 5.74. The summed E-state index contributed by atoms with van der Waals surface area (Å²) in [6, 6.07) is 2.39. The van der Waals surface area contributed by atoms with Crippen LogP contribution in [0.4, 0.5) is 0 Å². The van der Waals surface area contributed by atoms with E-state index in [-0.39, 0.29) is 0 Å². The predicted octanol–water partition coefficient (Wildman–Crippen LogP) is 2.00. The van der Waals surface area contributed by atoms with E-state index >= 15 is 0 Å². The first-order valence-electron chi connectivity index (χ1n) is 4.19. The Balaban J connectivity index is 2.81. The Bertz CT molecular complexity index is 248. The van der Waals surface area contributed by atoms with Crippen LogP contribution in [0.1, 0.15) is 32.4 Å². The second kappa shape index (κ2) is 4.04. The Morgan fingerprint density at radius 2 is 2.25 bits per heavy atom. The van der Waals surface area contributed by atoms with Crippen molar-refractivity contribution in [2.24, 2.45) is 0 Å². The number of aromatic nitrogens is 2. The number of hydrogen-bond acceptors (Lipinski definition) is 3. The lowest BCUT2D eigenvalue weighted by molar-refractivity contribution is 0.311. The van der Waals surface area contributed by atoms with Crippen LogP contribution < -0.4 is 4.74 Å². The fraction of sp³-hybridized carbons (Fsp3) is 0.556. The molecule has 1 aromatic heterocycles. The highest BCUT2D eigenvalue weighted by Gasteiger charge is 2.02. The molecule has 0 amide bonds. The van der Waals surface area contributed by atoms with Gasteiger partial charge in [0.25, 0.3) is 0 Å². The molecule has 0 saturated heterocycles. The summed E-state index contributed by atoms with van der Waals surface area (Å²) in [6.45, 7) is 6.73. The predicted molar refractivity (Wildman–Crippen MR) is 47.3 cm³/mol. The minimum atomic E-state index is 0.423. The highest BCUT2D eigenvalue weighted by molar-refractivity contribution is 5.08. The maximum Gasteiger partial charge on any atom is 0.316 e. The fourth-order valence-corrected chi connectivity index (χ4v) is 0.874. The van der Waals surface area contributed by atoms with E-state index in [1.807, 2.05) is 13.0 Å². The molecule has 0 aliphatic heterocycles. The topological polar surface area (TPSA) is 35.0 Å². The lowest BCUT2D eigenvalue weighted by atomic mass is 10.1. The van der Waals surface area contributed by atoms with Crippen LogP contribution in [0, 0.1) is 0 Å². The highest BCUT2D eigenvalue weighted by Crippen LogP contribution is 2.12. The molecule has 0 bridgehead atoms. The highest BCUT2D eigenvalue weighted by atomic mass is 16.5. The van der Waals surface area contributed by atoms with E-state index in [4.69, 9.17) is 4.74 Å². The van der Waals surface area contributed by atoms with Gasteiger partial charge >= 0.3 is 6.01 Å². The third kappa shape index (κ3) is 2.19. The first kappa shape index (κ1) is 8.97. The van der Waals surface area contributed by atoms with Gasteiger partial charge in [0, 0.05) is 6.20 Å². The average molecular weight is 166 g/mol. The molecule has 66 valence electrons. The summed E-state index contributed by atoms with van der Waals surface area (Å²) < 4.78 is 5.17. The van der Waals surface area contributed by atoms with Crippen LogP contribution in [0.25, 0.3) is 0 Å². The Morgan fingerprint density at radius 1 is 1.50 bits per heavy atom. The molecule has 0 N–H and O–H groups in total. The quantitative estimate of drug-likeness (QED) is 0.688. The van der Waals surface area contributed by atoms with E-state index in [0.29, 0.717) is 18.5 Å². The molecule has 3 heteroatoms. The van der Waals surface area contributed by atoms with Gasteiger partial charge in [0.2, 0.25) is 0 Å². The van der Waals surface area contributed by atoms with Gasteiger partial charge in [-0.25, -0.2) is 9.97 Å². The number of rotatable bonds is 3. The van der Waals surface area contributed by atoms with Crippen molar-refractivity contribution >= 4 is 0 Å². The molecule has 0 atom stereocenters. The van der Waals surface area contributed by atoms with Gasteiger partial charge < -0.3 is 4.74 Å². The van der Waals surface area contributed by atoms with Gasteiger partial charge in [-0.3, -0.25) is 0 Å². The minimum absolute atomic E-state index is 0.423. The first-order valence-corrected chi connectivity index (χ1v) is 4.19. The standard InChI is InChI=1S/C9H14N2O/c1-4-12-9-10-6-5-8(11-9)7(2)3/h5-7H,4H2,1-3H3. The summed E-state index contributed by atoms with van der Waals surface area (Å²) in [5, 5.41) is 0. The van der Waals surface area contributed by atoms with Crippen LogP contribution in [0.15, 0.2) is 12.3 Å². The van der Waals surface area contributed by atoms with Crippen LogP contribution in [0.5, 0.6) is 6.01 Å². The zero-order valence-corrected chi connectivity index (χ0v) is 7.74. The van der Waals surface area contributed by atoms with Crippen molar-refractivity contribution in [2.45, 2.75) is 26.7 Å². The molecule has 0 radical (unpaired) electrons. The van der Waals surface area contributed by atoms with E-state index in [9.17, 15) is 0 Å². The van der Waals surface area contributed by atoms with Crippen molar-refractivity contribution in [1.29, 1.82) is 0 Å². The van der Waals surface area contributed by atoms with Gasteiger partial charge in [0.15, 0.2) is 0 Å². The summed E-state index contributed by atoms with van der Waals surface area (Å²) in [4.78, 5) is 8.21. The monoisotopic (exact) mass is 166 g/mol. The average Bonchev–Trinajstić information content (AvgIpc) is 2.05. The molecule has 1 heterocycles. The van der Waals surface area contributed by atoms with Crippen molar-refractivity contribution in [3.8, 4) is 6.01 Å². The van der Waals surface area contributed by atoms with Crippen molar-refractivity contribution in [3.63, 3.8) is 0 Å². The lowest BCUT2D eigenvalue weighted by Crippen LogP contribution is -2.00. The molecule has 0 saturated carbocycles. The summed E-state index contributed by atoms with van der Waals surface area (Å²) in [5.74, 6) is 0.423. The van der Waals surface area contributed by atoms with E-state index < -0.39 is 0 Å². The Labute approximate surface area is 72.8 Å². The van der Waals surface area contributed by atoms with Crippen LogP contribution in [-0.4, -0.2) is 16.6 Å². The lowest BCUT2D eigenvalue weighted by Gasteiger charge is -2.05. The van der Waals surface area contributed by atoms with Crippen molar-refractivity contribution in [2.75, 3.05) is 6.61 Å². The number of hydrogen-bond donors (Lipinski definition) is 0. The second-order valence-electron chi connectivity index (χ2n) is 2.85. The third-order valence-electron chi connectivity index (χ3n) is 1.52. The van der Waals surface area contributed by atoms with Crippen molar-refractivity contribution < 1.29 is 4.74 Å². The number of ether oxygens (including phenoxy) is 1. The fourth-order valence-electron chi connectivity index (χ4n) is 0.874. The van der Waals surface area contributed by atoms with Crippen LogP contribution in [0.3, 0.4) is 0 Å². The summed E-state index contributed by atoms with van der Waals surface area (Å²) in [6.07, 6.45) is 1.73. The molecule has 0 aromatic carbocycles. The largest absolute Gasteiger partial charge is 0.464 e. The van der Waals surface area contributed by atoms with Crippen LogP contribution >= 0.6 is 0 Å². The molecule has 0 aliphatic carbocycles.